The summed E-state index contributed by atoms with van der Waals surface area (Å²) in [6.45, 7) is 2.24. The molecule has 3 aromatic carbocycles. The number of ketones is 1. The number of rotatable bonds is 7. The maximum Gasteiger partial charge on any atom is 0.300 e. The number of anilines is 1. The number of hydrogen-bond acceptors (Lipinski definition) is 6. The minimum atomic E-state index is -1.20. The van der Waals surface area contributed by atoms with E-state index in [1.807, 2.05) is 6.92 Å². The quantitative estimate of drug-likeness (QED) is 0.241. The van der Waals surface area contributed by atoms with E-state index in [2.05, 4.69) is 0 Å². The number of benzene rings is 3. The van der Waals surface area contributed by atoms with Crippen LogP contribution in [0.5, 0.6) is 17.2 Å². The zero-order valence-electron chi connectivity index (χ0n) is 20.1. The zero-order valence-corrected chi connectivity index (χ0v) is 20.8. The normalized spacial score (nSPS) is 16.7. The second-order valence-electron chi connectivity index (χ2n) is 7.96. The number of nitrogens with zero attached hydrogens (tertiary/aromatic N) is 1. The summed E-state index contributed by atoms with van der Waals surface area (Å²) in [5.74, 6) is -4.09. The van der Waals surface area contributed by atoms with Gasteiger partial charge in [-0.25, -0.2) is 8.78 Å². The van der Waals surface area contributed by atoms with E-state index in [9.17, 15) is 23.5 Å². The fraction of sp³-hybridized carbons (Fsp3) is 0.185. The number of ether oxygens (including phenoxy) is 3. The topological polar surface area (TPSA) is 85.3 Å². The Morgan fingerprint density at radius 1 is 0.973 bits per heavy atom. The Morgan fingerprint density at radius 2 is 1.65 bits per heavy atom. The molecule has 0 radical (unpaired) electrons. The molecule has 1 aliphatic heterocycles. The van der Waals surface area contributed by atoms with E-state index >= 15 is 0 Å². The average molecular weight is 530 g/mol. The van der Waals surface area contributed by atoms with Gasteiger partial charge >= 0.3 is 0 Å². The van der Waals surface area contributed by atoms with E-state index in [0.29, 0.717) is 17.9 Å². The Hall–Kier alpha value is -4.11. The second-order valence-corrected chi connectivity index (χ2v) is 8.36. The fourth-order valence-electron chi connectivity index (χ4n) is 4.15. The molecule has 0 aromatic heterocycles. The van der Waals surface area contributed by atoms with Gasteiger partial charge in [-0.3, -0.25) is 14.5 Å². The van der Waals surface area contributed by atoms with Gasteiger partial charge in [0.1, 0.15) is 23.0 Å². The van der Waals surface area contributed by atoms with E-state index < -0.39 is 35.1 Å². The number of aliphatic hydroxyl groups is 1. The van der Waals surface area contributed by atoms with Crippen LogP contribution < -0.4 is 19.1 Å². The van der Waals surface area contributed by atoms with Crippen LogP contribution in [0.15, 0.2) is 60.2 Å². The number of carbonyl (C=O) groups excluding carboxylic acids is 2. The standard InChI is InChI=1S/C27H22ClF2NO6/c1-4-37-16-8-5-14(6-9-16)24-23(25(32)17-12-22(36-3)18(28)13-21(17)35-2)26(33)27(34)31(24)15-7-10-19(29)20(30)11-15/h5-13,24,32H,4H2,1-3H3/b25-23+. The van der Waals surface area contributed by atoms with Gasteiger partial charge in [-0.1, -0.05) is 23.7 Å². The Kier molecular flexibility index (Phi) is 7.35. The number of carbonyl (C=O) groups is 2. The van der Waals surface area contributed by atoms with Crippen molar-refractivity contribution < 1.29 is 37.7 Å². The van der Waals surface area contributed by atoms with E-state index in [-0.39, 0.29) is 33.3 Å². The third kappa shape index (κ3) is 4.70. The minimum absolute atomic E-state index is 0.0444. The highest BCUT2D eigenvalue weighted by atomic mass is 35.5. The molecule has 1 aliphatic rings. The monoisotopic (exact) mass is 529 g/mol. The Labute approximate surface area is 216 Å². The van der Waals surface area contributed by atoms with Crippen LogP contribution in [-0.2, 0) is 9.59 Å². The summed E-state index contributed by atoms with van der Waals surface area (Å²) in [6.07, 6.45) is 0. The van der Waals surface area contributed by atoms with Crippen LogP contribution in [0.25, 0.3) is 5.76 Å². The summed E-state index contributed by atoms with van der Waals surface area (Å²) in [6, 6.07) is 10.9. The van der Waals surface area contributed by atoms with Crippen molar-refractivity contribution in [1.29, 1.82) is 0 Å². The summed E-state index contributed by atoms with van der Waals surface area (Å²) in [5.41, 5.74) is 0.0953. The van der Waals surface area contributed by atoms with Crippen molar-refractivity contribution in [3.05, 3.63) is 88.0 Å². The molecule has 1 fully saturated rings. The second kappa shape index (κ2) is 10.5. The van der Waals surface area contributed by atoms with Crippen molar-refractivity contribution in [3.63, 3.8) is 0 Å². The van der Waals surface area contributed by atoms with Gasteiger partial charge in [0.15, 0.2) is 11.6 Å². The highest BCUT2D eigenvalue weighted by Crippen LogP contribution is 2.45. The molecule has 1 heterocycles. The van der Waals surface area contributed by atoms with Crippen LogP contribution in [0.1, 0.15) is 24.1 Å². The molecule has 0 saturated carbocycles. The molecule has 37 heavy (non-hydrogen) atoms. The van der Waals surface area contributed by atoms with E-state index in [1.165, 1.54) is 32.4 Å². The van der Waals surface area contributed by atoms with Crippen LogP contribution in [-0.4, -0.2) is 37.6 Å². The Bertz CT molecular complexity index is 1410. The Morgan fingerprint density at radius 3 is 2.24 bits per heavy atom. The van der Waals surface area contributed by atoms with Gasteiger partial charge in [-0.05, 0) is 42.8 Å². The number of hydrogen-bond donors (Lipinski definition) is 1. The summed E-state index contributed by atoms with van der Waals surface area (Å²) in [7, 11) is 2.72. The summed E-state index contributed by atoms with van der Waals surface area (Å²) < 4.78 is 43.9. The lowest BCUT2D eigenvalue weighted by Gasteiger charge is -2.26. The van der Waals surface area contributed by atoms with Crippen molar-refractivity contribution >= 4 is 34.7 Å². The smallest absolute Gasteiger partial charge is 0.300 e. The van der Waals surface area contributed by atoms with E-state index in [4.69, 9.17) is 25.8 Å². The minimum Gasteiger partial charge on any atom is -0.507 e. The van der Waals surface area contributed by atoms with Crippen LogP contribution in [0.2, 0.25) is 5.02 Å². The molecule has 192 valence electrons. The third-order valence-electron chi connectivity index (χ3n) is 5.86. The first-order valence-corrected chi connectivity index (χ1v) is 11.5. The summed E-state index contributed by atoms with van der Waals surface area (Å²) in [5, 5.41) is 11.6. The predicted octanol–water partition coefficient (Wildman–Crippen LogP) is 5.66. The first-order valence-electron chi connectivity index (χ1n) is 11.1. The molecule has 1 atom stereocenters. The maximum atomic E-state index is 14.1. The van der Waals surface area contributed by atoms with Crippen molar-refractivity contribution in [2.24, 2.45) is 0 Å². The largest absolute Gasteiger partial charge is 0.507 e. The number of aliphatic hydroxyl groups excluding tert-OH is 1. The van der Waals surface area contributed by atoms with Gasteiger partial charge in [0.25, 0.3) is 11.7 Å². The molecule has 0 aliphatic carbocycles. The number of methoxy groups -OCH3 is 2. The Balaban J connectivity index is 1.98. The molecule has 1 N–H and O–H groups in total. The molecule has 0 bridgehead atoms. The molecule has 10 heteroatoms. The van der Waals surface area contributed by atoms with Crippen LogP contribution in [0.4, 0.5) is 14.5 Å². The molecule has 1 saturated heterocycles. The van der Waals surface area contributed by atoms with Gasteiger partial charge in [0, 0.05) is 17.8 Å². The van der Waals surface area contributed by atoms with Crippen molar-refractivity contribution in [2.75, 3.05) is 25.7 Å². The van der Waals surface area contributed by atoms with Gasteiger partial charge in [-0.2, -0.15) is 0 Å². The summed E-state index contributed by atoms with van der Waals surface area (Å²) in [4.78, 5) is 27.6. The highest BCUT2D eigenvalue weighted by molar-refractivity contribution is 6.51. The van der Waals surface area contributed by atoms with Crippen molar-refractivity contribution in [2.45, 2.75) is 13.0 Å². The molecule has 1 amide bonds. The number of Topliss-reactive ketones (excluding diaryl/α,β-unsaturated/α-hetero) is 1. The first kappa shape index (κ1) is 26.0. The van der Waals surface area contributed by atoms with Crippen LogP contribution in [0.3, 0.4) is 0 Å². The molecule has 1 unspecified atom stereocenters. The van der Waals surface area contributed by atoms with E-state index in [1.54, 1.807) is 24.3 Å². The molecule has 7 nitrogen and oxygen atoms in total. The number of amides is 1. The average Bonchev–Trinajstić information content (AvgIpc) is 3.16. The first-order chi connectivity index (χ1) is 17.7. The molecular weight excluding hydrogens is 508 g/mol. The predicted molar refractivity (Wildman–Crippen MR) is 133 cm³/mol. The van der Waals surface area contributed by atoms with Crippen LogP contribution >= 0.6 is 11.6 Å². The lowest BCUT2D eigenvalue weighted by Crippen LogP contribution is -2.29. The molecule has 4 rings (SSSR count). The van der Waals surface area contributed by atoms with Gasteiger partial charge in [-0.15, -0.1) is 0 Å². The van der Waals surface area contributed by atoms with Crippen molar-refractivity contribution in [1.82, 2.24) is 0 Å². The van der Waals surface area contributed by atoms with Crippen LogP contribution in [0, 0.1) is 11.6 Å². The fourth-order valence-corrected chi connectivity index (χ4v) is 4.38. The lowest BCUT2D eigenvalue weighted by atomic mass is 9.94. The number of halogens is 3. The van der Waals surface area contributed by atoms with Gasteiger partial charge in [0.05, 0.1) is 43.0 Å². The van der Waals surface area contributed by atoms with Gasteiger partial charge in [0.2, 0.25) is 0 Å². The molecule has 3 aromatic rings. The molecular formula is C27H22ClF2NO6. The van der Waals surface area contributed by atoms with Gasteiger partial charge < -0.3 is 19.3 Å². The summed E-state index contributed by atoms with van der Waals surface area (Å²) >= 11 is 6.18. The molecule has 0 spiro atoms. The zero-order chi connectivity index (χ0) is 26.9. The lowest BCUT2D eigenvalue weighted by molar-refractivity contribution is -0.132. The SMILES string of the molecule is CCOc1ccc(C2/C(=C(\O)c3cc(OC)c(Cl)cc3OC)C(=O)C(=O)N2c2ccc(F)c(F)c2)cc1. The highest BCUT2D eigenvalue weighted by Gasteiger charge is 2.47. The van der Waals surface area contributed by atoms with Crippen molar-refractivity contribution in [3.8, 4) is 17.2 Å². The maximum absolute atomic E-state index is 14.1. The van der Waals surface area contributed by atoms with E-state index in [0.717, 1.165) is 17.0 Å². The third-order valence-corrected chi connectivity index (χ3v) is 6.16.